The van der Waals surface area contributed by atoms with Crippen LogP contribution < -0.4 is 0 Å². The van der Waals surface area contributed by atoms with Crippen molar-refractivity contribution in [1.29, 1.82) is 0 Å². The minimum Gasteiger partial charge on any atom is -0.616 e. The Labute approximate surface area is 73.7 Å². The predicted octanol–water partition coefficient (Wildman–Crippen LogP) is 2.36. The lowest BCUT2D eigenvalue weighted by Gasteiger charge is -2.04. The maximum absolute atomic E-state index is 10.9. The third kappa shape index (κ3) is 7.90. The van der Waals surface area contributed by atoms with Crippen molar-refractivity contribution in [3.63, 3.8) is 0 Å². The second kappa shape index (κ2) is 6.70. The highest BCUT2D eigenvalue weighted by Gasteiger charge is 2.10. The molecule has 0 aliphatic carbocycles. The highest BCUT2D eigenvalue weighted by Crippen LogP contribution is 2.01. The second-order valence-corrected chi connectivity index (χ2v) is 5.33. The van der Waals surface area contributed by atoms with Gasteiger partial charge in [0.25, 0.3) is 5.97 Å². The van der Waals surface area contributed by atoms with E-state index in [-0.39, 0.29) is 5.97 Å². The van der Waals surface area contributed by atoms with Gasteiger partial charge in [-0.1, -0.05) is 31.3 Å². The van der Waals surface area contributed by atoms with E-state index in [1.807, 2.05) is 11.6 Å². The molecule has 11 heavy (non-hydrogen) atoms. The van der Waals surface area contributed by atoms with Gasteiger partial charge in [-0.25, -0.2) is 0 Å². The Morgan fingerprint density at radius 1 is 1.36 bits per heavy atom. The monoisotopic (exact) mass is 172 g/mol. The molecule has 0 saturated heterocycles. The molecule has 0 amide bonds. The molecule has 0 unspecified atom stereocenters. The van der Waals surface area contributed by atoms with Gasteiger partial charge in [-0.2, -0.15) is 0 Å². The molecule has 64 valence electrons. The molecular weight excluding hydrogens is 155 g/mol. The van der Waals surface area contributed by atoms with E-state index in [4.69, 9.17) is 3.79 Å². The van der Waals surface area contributed by atoms with Gasteiger partial charge in [0.15, 0.2) is 0 Å². The van der Waals surface area contributed by atoms with Gasteiger partial charge in [-0.15, -0.1) is 0 Å². The number of carbonyl (C=O) groups excluding carboxylic acids is 1. The van der Waals surface area contributed by atoms with Gasteiger partial charge < -0.3 is 3.79 Å². The Morgan fingerprint density at radius 3 is 2.45 bits per heavy atom. The molecule has 0 atom stereocenters. The first-order valence-electron chi connectivity index (χ1n) is 4.36. The molecule has 0 rings (SSSR count). The molecule has 0 aromatic carbocycles. The molecule has 0 N–H and O–H groups in total. The van der Waals surface area contributed by atoms with Gasteiger partial charge in [-0.3, -0.25) is 4.79 Å². The summed E-state index contributed by atoms with van der Waals surface area (Å²) < 4.78 is 5.10. The first-order chi connectivity index (χ1) is 5.16. The molecule has 0 bridgehead atoms. The highest BCUT2D eigenvalue weighted by atomic mass is 27.2. The van der Waals surface area contributed by atoms with Crippen LogP contribution in [0.3, 0.4) is 0 Å². The van der Waals surface area contributed by atoms with Crippen molar-refractivity contribution in [2.75, 3.05) is 0 Å². The first kappa shape index (κ1) is 11.0. The van der Waals surface area contributed by atoms with Crippen molar-refractivity contribution in [3.8, 4) is 0 Å². The normalized spacial score (nSPS) is 9.36. The Kier molecular flexibility index (Phi) is 6.70. The summed E-state index contributed by atoms with van der Waals surface area (Å²) in [6, 6.07) is 0. The van der Waals surface area contributed by atoms with Gasteiger partial charge in [0.2, 0.25) is 0 Å². The van der Waals surface area contributed by atoms with Gasteiger partial charge in [0, 0.05) is 6.42 Å². The van der Waals surface area contributed by atoms with E-state index < -0.39 is 14.5 Å². The minimum atomic E-state index is -1.13. The Morgan fingerprint density at radius 2 is 2.00 bits per heavy atom. The molecule has 2 nitrogen and oxygen atoms in total. The van der Waals surface area contributed by atoms with Gasteiger partial charge >= 0.3 is 14.5 Å². The van der Waals surface area contributed by atoms with E-state index in [0.717, 1.165) is 19.3 Å². The number of unbranched alkanes of at least 4 members (excludes halogenated alkanes) is 2. The summed E-state index contributed by atoms with van der Waals surface area (Å²) in [5.41, 5.74) is 0. The fraction of sp³-hybridized carbons (Fsp3) is 0.875. The van der Waals surface area contributed by atoms with Crippen molar-refractivity contribution in [3.05, 3.63) is 0 Å². The lowest BCUT2D eigenvalue weighted by atomic mass is 10.2. The first-order valence-corrected chi connectivity index (χ1v) is 7.14. The van der Waals surface area contributed by atoms with Crippen LogP contribution in [0.15, 0.2) is 0 Å². The zero-order valence-corrected chi connectivity index (χ0v) is 8.88. The maximum Gasteiger partial charge on any atom is 0.541 e. The molecular formula is C8H17AlO2. The summed E-state index contributed by atoms with van der Waals surface area (Å²) in [6.07, 6.45) is 3.89. The lowest BCUT2D eigenvalue weighted by molar-refractivity contribution is -0.134. The summed E-state index contributed by atoms with van der Waals surface area (Å²) in [7, 11) is 0. The SMILES string of the molecule is CCCCCC(=O)[O][Al]([CH3])[CH3]. The minimum absolute atomic E-state index is 0.000108. The van der Waals surface area contributed by atoms with Crippen LogP contribution in [0.2, 0.25) is 11.6 Å². The van der Waals surface area contributed by atoms with Crippen LogP contribution in [0, 0.1) is 0 Å². The van der Waals surface area contributed by atoms with E-state index in [9.17, 15) is 4.79 Å². The Hall–Kier alpha value is 0.00247. The van der Waals surface area contributed by atoms with E-state index in [2.05, 4.69) is 6.92 Å². The summed E-state index contributed by atoms with van der Waals surface area (Å²) >= 11 is -1.13. The second-order valence-electron chi connectivity index (χ2n) is 3.00. The van der Waals surface area contributed by atoms with Crippen LogP contribution in [0.25, 0.3) is 0 Å². The molecule has 0 spiro atoms. The van der Waals surface area contributed by atoms with Crippen LogP contribution in [0.1, 0.15) is 32.6 Å². The fourth-order valence-corrected chi connectivity index (χ4v) is 1.48. The molecule has 0 radical (unpaired) electrons. The number of hydrogen-bond donors (Lipinski definition) is 0. The van der Waals surface area contributed by atoms with Crippen LogP contribution in [0.5, 0.6) is 0 Å². The van der Waals surface area contributed by atoms with Crippen LogP contribution >= 0.6 is 0 Å². The molecule has 3 heteroatoms. The number of carbonyl (C=O) groups is 1. The van der Waals surface area contributed by atoms with Crippen molar-refractivity contribution in [2.45, 2.75) is 44.2 Å². The van der Waals surface area contributed by atoms with E-state index >= 15 is 0 Å². The number of rotatable bonds is 5. The molecule has 0 aromatic heterocycles. The van der Waals surface area contributed by atoms with E-state index in [0.29, 0.717) is 6.42 Å². The van der Waals surface area contributed by atoms with Gasteiger partial charge in [0.05, 0.1) is 0 Å². The fourth-order valence-electron chi connectivity index (χ4n) is 0.841. The van der Waals surface area contributed by atoms with Crippen molar-refractivity contribution in [1.82, 2.24) is 0 Å². The smallest absolute Gasteiger partial charge is 0.541 e. The molecule has 0 aliphatic rings. The van der Waals surface area contributed by atoms with E-state index in [1.165, 1.54) is 0 Å². The third-order valence-electron chi connectivity index (χ3n) is 1.35. The largest absolute Gasteiger partial charge is 0.616 e. The maximum atomic E-state index is 10.9. The van der Waals surface area contributed by atoms with Gasteiger partial charge in [0.1, 0.15) is 0 Å². The van der Waals surface area contributed by atoms with Crippen LogP contribution in [-0.2, 0) is 8.58 Å². The summed E-state index contributed by atoms with van der Waals surface area (Å²) in [6.45, 7) is 2.13. The molecule has 0 aromatic rings. The average Bonchev–Trinajstić information content (AvgIpc) is 1.86. The summed E-state index contributed by atoms with van der Waals surface area (Å²) in [5.74, 6) is 4.02. The molecule has 0 saturated carbocycles. The lowest BCUT2D eigenvalue weighted by Crippen LogP contribution is -2.14. The number of hydrogen-bond acceptors (Lipinski definition) is 2. The average molecular weight is 172 g/mol. The van der Waals surface area contributed by atoms with Crippen molar-refractivity contribution in [2.24, 2.45) is 0 Å². The van der Waals surface area contributed by atoms with Crippen molar-refractivity contribution >= 4 is 20.5 Å². The predicted molar refractivity (Wildman–Crippen MR) is 47.7 cm³/mol. The third-order valence-corrected chi connectivity index (χ3v) is 2.09. The van der Waals surface area contributed by atoms with Gasteiger partial charge in [-0.05, 0) is 6.42 Å². The zero-order chi connectivity index (χ0) is 8.69. The summed E-state index contributed by atoms with van der Waals surface area (Å²) in [5, 5.41) is 0. The van der Waals surface area contributed by atoms with Crippen molar-refractivity contribution < 1.29 is 8.58 Å². The molecule has 0 heterocycles. The Balaban J connectivity index is 3.23. The Bertz CT molecular complexity index is 113. The topological polar surface area (TPSA) is 26.3 Å². The molecule has 0 aliphatic heterocycles. The quantitative estimate of drug-likeness (QED) is 0.470. The standard InChI is InChI=1S/C6H12O2.2CH3.Al/c1-2-3-4-5-6(7)8;;;/h2-5H2,1H3,(H,7,8);2*1H3;/q;;;+1/p-1. The van der Waals surface area contributed by atoms with Crippen LogP contribution in [-0.4, -0.2) is 20.5 Å². The summed E-state index contributed by atoms with van der Waals surface area (Å²) in [4.78, 5) is 10.9. The highest BCUT2D eigenvalue weighted by molar-refractivity contribution is 6.50. The molecule has 0 fully saturated rings. The van der Waals surface area contributed by atoms with Crippen LogP contribution in [0.4, 0.5) is 0 Å². The van der Waals surface area contributed by atoms with E-state index in [1.54, 1.807) is 0 Å². The zero-order valence-electron chi connectivity index (χ0n) is 7.72.